The largest absolute Gasteiger partial charge is 0.466 e. The Morgan fingerprint density at radius 2 is 2.00 bits per heavy atom. The van der Waals surface area contributed by atoms with E-state index in [9.17, 15) is 18.8 Å². The Morgan fingerprint density at radius 3 is 2.65 bits per heavy atom. The van der Waals surface area contributed by atoms with E-state index >= 15 is 0 Å². The van der Waals surface area contributed by atoms with Crippen molar-refractivity contribution in [1.29, 1.82) is 0 Å². The van der Waals surface area contributed by atoms with Crippen molar-refractivity contribution in [2.45, 2.75) is 32.2 Å². The molecule has 0 spiro atoms. The molecule has 1 fully saturated rings. The van der Waals surface area contributed by atoms with E-state index in [1.807, 2.05) is 0 Å². The van der Waals surface area contributed by atoms with Crippen molar-refractivity contribution in [3.63, 3.8) is 0 Å². The summed E-state index contributed by atoms with van der Waals surface area (Å²) in [5.74, 6) is -1.22. The van der Waals surface area contributed by atoms with Gasteiger partial charge < -0.3 is 15.0 Å². The molecule has 7 heteroatoms. The molecule has 0 unspecified atom stereocenters. The van der Waals surface area contributed by atoms with Crippen molar-refractivity contribution in [3.8, 4) is 0 Å². The van der Waals surface area contributed by atoms with E-state index in [0.717, 1.165) is 0 Å². The molecule has 1 aliphatic rings. The minimum absolute atomic E-state index is 0.0159. The summed E-state index contributed by atoms with van der Waals surface area (Å²) >= 11 is 0. The van der Waals surface area contributed by atoms with Gasteiger partial charge in [-0.05, 0) is 31.2 Å². The Bertz CT molecular complexity index is 588. The fourth-order valence-corrected chi connectivity index (χ4v) is 2.42. The summed E-state index contributed by atoms with van der Waals surface area (Å²) in [7, 11) is 0. The van der Waals surface area contributed by atoms with E-state index in [1.54, 1.807) is 6.92 Å². The van der Waals surface area contributed by atoms with Gasteiger partial charge in [0.05, 0.1) is 19.1 Å². The highest BCUT2D eigenvalue weighted by Gasteiger charge is 2.31. The number of esters is 1. The first-order chi connectivity index (χ1) is 11.0. The van der Waals surface area contributed by atoms with Gasteiger partial charge in [-0.25, -0.2) is 4.39 Å². The maximum Gasteiger partial charge on any atom is 0.306 e. The van der Waals surface area contributed by atoms with Crippen LogP contribution >= 0.6 is 0 Å². The number of benzene rings is 1. The number of nitrogens with one attached hydrogen (secondary N) is 1. The number of carbonyl (C=O) groups excluding carboxylic acids is 3. The first-order valence-corrected chi connectivity index (χ1v) is 7.50. The smallest absolute Gasteiger partial charge is 0.306 e. The summed E-state index contributed by atoms with van der Waals surface area (Å²) in [5.41, 5.74) is 0.597. The second-order valence-electron chi connectivity index (χ2n) is 5.25. The van der Waals surface area contributed by atoms with Crippen LogP contribution in [0.2, 0.25) is 0 Å². The zero-order chi connectivity index (χ0) is 16.8. The molecular weight excluding hydrogens is 303 g/mol. The maximum absolute atomic E-state index is 12.9. The van der Waals surface area contributed by atoms with Gasteiger partial charge in [0.25, 0.3) is 0 Å². The minimum Gasteiger partial charge on any atom is -0.466 e. The maximum atomic E-state index is 12.9. The van der Waals surface area contributed by atoms with Crippen LogP contribution in [0.1, 0.15) is 26.2 Å². The Kier molecular flexibility index (Phi) is 5.67. The van der Waals surface area contributed by atoms with Gasteiger partial charge in [-0.2, -0.15) is 0 Å². The minimum atomic E-state index is -0.418. The Morgan fingerprint density at radius 1 is 1.30 bits per heavy atom. The lowest BCUT2D eigenvalue weighted by atomic mass is 10.2. The molecule has 2 amide bonds. The van der Waals surface area contributed by atoms with Crippen LogP contribution in [0.25, 0.3) is 0 Å². The summed E-state index contributed by atoms with van der Waals surface area (Å²) in [6, 6.07) is 5.31. The fourth-order valence-electron chi connectivity index (χ4n) is 2.42. The summed E-state index contributed by atoms with van der Waals surface area (Å²) < 4.78 is 17.7. The van der Waals surface area contributed by atoms with Gasteiger partial charge >= 0.3 is 5.97 Å². The van der Waals surface area contributed by atoms with E-state index in [1.165, 1.54) is 29.2 Å². The van der Waals surface area contributed by atoms with Crippen LogP contribution < -0.4 is 10.2 Å². The number of halogens is 1. The van der Waals surface area contributed by atoms with Gasteiger partial charge in [-0.15, -0.1) is 0 Å². The lowest BCUT2D eigenvalue weighted by molar-refractivity contribution is -0.144. The third-order valence-electron chi connectivity index (χ3n) is 3.49. The predicted octanol–water partition coefficient (Wildman–Crippen LogP) is 1.39. The second-order valence-corrected chi connectivity index (χ2v) is 5.25. The van der Waals surface area contributed by atoms with Gasteiger partial charge in [0.15, 0.2) is 0 Å². The quantitative estimate of drug-likeness (QED) is 0.803. The van der Waals surface area contributed by atoms with Crippen LogP contribution in [-0.4, -0.2) is 37.0 Å². The molecule has 1 heterocycles. The van der Waals surface area contributed by atoms with Gasteiger partial charge in [0.1, 0.15) is 5.82 Å². The first kappa shape index (κ1) is 16.9. The highest BCUT2D eigenvalue weighted by molar-refractivity contribution is 5.96. The molecule has 1 aliphatic heterocycles. The zero-order valence-corrected chi connectivity index (χ0v) is 12.9. The number of nitrogens with zero attached hydrogens (tertiary/aromatic N) is 1. The van der Waals surface area contributed by atoms with E-state index in [0.29, 0.717) is 12.2 Å². The first-order valence-electron chi connectivity index (χ1n) is 7.50. The normalized spacial score (nSPS) is 17.2. The van der Waals surface area contributed by atoms with Crippen molar-refractivity contribution in [1.82, 2.24) is 5.32 Å². The predicted molar refractivity (Wildman–Crippen MR) is 81.2 cm³/mol. The molecule has 0 saturated carbocycles. The van der Waals surface area contributed by atoms with Crippen LogP contribution in [0.5, 0.6) is 0 Å². The molecule has 0 bridgehead atoms. The summed E-state index contributed by atoms with van der Waals surface area (Å²) in [6.45, 7) is 2.31. The van der Waals surface area contributed by atoms with Crippen LogP contribution in [0, 0.1) is 5.82 Å². The highest BCUT2D eigenvalue weighted by atomic mass is 19.1. The Balaban J connectivity index is 1.84. The molecule has 124 valence electrons. The number of carbonyl (C=O) groups is 3. The van der Waals surface area contributed by atoms with Crippen molar-refractivity contribution >= 4 is 23.5 Å². The van der Waals surface area contributed by atoms with Gasteiger partial charge in [0.2, 0.25) is 11.8 Å². The topological polar surface area (TPSA) is 75.7 Å². The molecule has 1 aromatic rings. The van der Waals surface area contributed by atoms with Gasteiger partial charge in [-0.3, -0.25) is 14.4 Å². The zero-order valence-electron chi connectivity index (χ0n) is 12.9. The van der Waals surface area contributed by atoms with E-state index in [2.05, 4.69) is 5.32 Å². The Hall–Kier alpha value is -2.44. The van der Waals surface area contributed by atoms with E-state index in [-0.39, 0.29) is 49.5 Å². The molecule has 0 aromatic heterocycles. The SMILES string of the molecule is CCOC(=O)CCC(=O)N[C@@H]1CC(=O)N(c2ccc(F)cc2)C1. The molecule has 1 saturated heterocycles. The average molecular weight is 322 g/mol. The number of amides is 2. The van der Waals surface area contributed by atoms with Crippen LogP contribution in [0.4, 0.5) is 10.1 Å². The number of anilines is 1. The summed E-state index contributed by atoms with van der Waals surface area (Å²) in [5, 5.41) is 2.73. The van der Waals surface area contributed by atoms with E-state index < -0.39 is 5.97 Å². The molecule has 2 rings (SSSR count). The lowest BCUT2D eigenvalue weighted by Crippen LogP contribution is -2.37. The number of hydrogen-bond acceptors (Lipinski definition) is 4. The molecule has 1 atom stereocenters. The number of rotatable bonds is 6. The average Bonchev–Trinajstić information content (AvgIpc) is 2.87. The van der Waals surface area contributed by atoms with Crippen molar-refractivity contribution in [3.05, 3.63) is 30.1 Å². The van der Waals surface area contributed by atoms with E-state index in [4.69, 9.17) is 4.74 Å². The van der Waals surface area contributed by atoms with Crippen molar-refractivity contribution in [2.24, 2.45) is 0 Å². The number of ether oxygens (including phenoxy) is 1. The monoisotopic (exact) mass is 322 g/mol. The van der Waals surface area contributed by atoms with Gasteiger partial charge in [0, 0.05) is 25.1 Å². The number of hydrogen-bond donors (Lipinski definition) is 1. The van der Waals surface area contributed by atoms with Gasteiger partial charge in [-0.1, -0.05) is 0 Å². The Labute approximate surface area is 133 Å². The lowest BCUT2D eigenvalue weighted by Gasteiger charge is -2.17. The molecule has 6 nitrogen and oxygen atoms in total. The molecular formula is C16H19FN2O4. The molecule has 1 aromatic carbocycles. The fraction of sp³-hybridized carbons (Fsp3) is 0.438. The highest BCUT2D eigenvalue weighted by Crippen LogP contribution is 2.21. The summed E-state index contributed by atoms with van der Waals surface area (Å²) in [6.07, 6.45) is 0.227. The second kappa shape index (κ2) is 7.71. The molecule has 1 N–H and O–H groups in total. The van der Waals surface area contributed by atoms with Crippen molar-refractivity contribution < 1.29 is 23.5 Å². The molecule has 0 aliphatic carbocycles. The van der Waals surface area contributed by atoms with Crippen molar-refractivity contribution in [2.75, 3.05) is 18.1 Å². The summed E-state index contributed by atoms with van der Waals surface area (Å²) in [4.78, 5) is 36.5. The standard InChI is InChI=1S/C16H19FN2O4/c1-2-23-16(22)8-7-14(20)18-12-9-15(21)19(10-12)13-5-3-11(17)4-6-13/h3-6,12H,2,7-10H2,1H3,(H,18,20)/t12-/m1/s1. The molecule has 0 radical (unpaired) electrons. The third kappa shape index (κ3) is 4.77. The third-order valence-corrected chi connectivity index (χ3v) is 3.49. The van der Waals surface area contributed by atoms with Crippen LogP contribution in [0.3, 0.4) is 0 Å². The van der Waals surface area contributed by atoms with Crippen LogP contribution in [0.15, 0.2) is 24.3 Å². The molecule has 23 heavy (non-hydrogen) atoms. The van der Waals surface area contributed by atoms with Crippen LogP contribution in [-0.2, 0) is 19.1 Å².